The first-order chi connectivity index (χ1) is 10.4. The fourth-order valence-corrected chi connectivity index (χ4v) is 2.25. The van der Waals surface area contributed by atoms with Gasteiger partial charge < -0.3 is 29.9 Å². The molecule has 0 unspecified atom stereocenters. The van der Waals surface area contributed by atoms with Crippen LogP contribution in [0.2, 0.25) is 0 Å². The lowest BCUT2D eigenvalue weighted by Crippen LogP contribution is -2.03. The van der Waals surface area contributed by atoms with E-state index in [9.17, 15) is 30.3 Å². The fraction of sp³-hybridized carbons (Fsp3) is 0. The van der Waals surface area contributed by atoms with Crippen LogP contribution in [0, 0.1) is 0 Å². The highest BCUT2D eigenvalue weighted by molar-refractivity contribution is 5.96. The van der Waals surface area contributed by atoms with Gasteiger partial charge in [-0.2, -0.15) is 0 Å². The number of aromatic hydroxyl groups is 5. The van der Waals surface area contributed by atoms with Crippen molar-refractivity contribution in [3.05, 3.63) is 40.8 Å². The molecular formula is C15H10O7. The number of phenols is 4. The van der Waals surface area contributed by atoms with Gasteiger partial charge in [0, 0.05) is 23.8 Å². The van der Waals surface area contributed by atoms with Crippen molar-refractivity contribution in [2.45, 2.75) is 0 Å². The van der Waals surface area contributed by atoms with Gasteiger partial charge in [0.05, 0.1) is 0 Å². The van der Waals surface area contributed by atoms with Crippen molar-refractivity contribution in [1.82, 2.24) is 0 Å². The lowest BCUT2D eigenvalue weighted by Gasteiger charge is -2.09. The summed E-state index contributed by atoms with van der Waals surface area (Å²) in [7, 11) is 0. The Morgan fingerprint density at radius 2 is 1.50 bits per heavy atom. The van der Waals surface area contributed by atoms with E-state index in [2.05, 4.69) is 0 Å². The first kappa shape index (κ1) is 13.6. The molecule has 5 N–H and O–H groups in total. The van der Waals surface area contributed by atoms with Crippen LogP contribution in [0.25, 0.3) is 22.1 Å². The second kappa shape index (κ2) is 4.59. The number of rotatable bonds is 1. The molecule has 2 aromatic carbocycles. The predicted octanol–water partition coefficient (Wildman–Crippen LogP) is 1.99. The maximum Gasteiger partial charge on any atom is 0.348 e. The molecule has 3 rings (SSSR count). The molecule has 3 aromatic rings. The molecule has 7 nitrogen and oxygen atoms in total. The van der Waals surface area contributed by atoms with E-state index >= 15 is 0 Å². The Hall–Kier alpha value is -3.35. The summed E-state index contributed by atoms with van der Waals surface area (Å²) in [6, 6.07) is 5.48. The molecule has 0 radical (unpaired) electrons. The van der Waals surface area contributed by atoms with Crippen molar-refractivity contribution in [2.24, 2.45) is 0 Å². The van der Waals surface area contributed by atoms with Gasteiger partial charge in [-0.15, -0.1) is 0 Å². The lowest BCUT2D eigenvalue weighted by atomic mass is 10.0. The Labute approximate surface area is 122 Å². The van der Waals surface area contributed by atoms with Gasteiger partial charge in [0.15, 0.2) is 0 Å². The van der Waals surface area contributed by atoms with E-state index in [-0.39, 0.29) is 33.6 Å². The molecule has 1 heterocycles. The lowest BCUT2D eigenvalue weighted by molar-refractivity contribution is 0.438. The molecule has 0 saturated heterocycles. The molecule has 1 aromatic heterocycles. The third kappa shape index (κ3) is 1.96. The van der Waals surface area contributed by atoms with Crippen LogP contribution in [0.15, 0.2) is 39.5 Å². The van der Waals surface area contributed by atoms with Crippen LogP contribution in [-0.2, 0) is 0 Å². The molecule has 0 bridgehead atoms. The predicted molar refractivity (Wildman–Crippen MR) is 76.2 cm³/mol. The Bertz CT molecular complexity index is 956. The summed E-state index contributed by atoms with van der Waals surface area (Å²) in [6.45, 7) is 0. The van der Waals surface area contributed by atoms with Crippen molar-refractivity contribution in [2.75, 3.05) is 0 Å². The molecule has 0 amide bonds. The summed E-state index contributed by atoms with van der Waals surface area (Å²) in [5.74, 6) is -2.10. The fourth-order valence-electron chi connectivity index (χ4n) is 2.25. The molecule has 0 saturated carbocycles. The van der Waals surface area contributed by atoms with Crippen LogP contribution in [0.1, 0.15) is 0 Å². The van der Waals surface area contributed by atoms with Gasteiger partial charge in [-0.25, -0.2) is 4.79 Å². The van der Waals surface area contributed by atoms with Gasteiger partial charge in [-0.3, -0.25) is 0 Å². The highest BCUT2D eigenvalue weighted by Crippen LogP contribution is 2.42. The van der Waals surface area contributed by atoms with Crippen LogP contribution >= 0.6 is 0 Å². The largest absolute Gasteiger partial charge is 0.508 e. The second-order valence-electron chi connectivity index (χ2n) is 4.65. The number of hydrogen-bond donors (Lipinski definition) is 5. The SMILES string of the molecule is O=c1oc2cc(O)cc(O)c2c(O)c1-c1ccc(O)cc1O. The molecule has 112 valence electrons. The second-order valence-corrected chi connectivity index (χ2v) is 4.65. The van der Waals surface area contributed by atoms with Crippen molar-refractivity contribution in [1.29, 1.82) is 0 Å². The third-order valence-electron chi connectivity index (χ3n) is 3.20. The van der Waals surface area contributed by atoms with Gasteiger partial charge in [-0.05, 0) is 12.1 Å². The zero-order chi connectivity index (χ0) is 16.0. The quantitative estimate of drug-likeness (QED) is 0.434. The first-order valence-corrected chi connectivity index (χ1v) is 6.12. The standard InChI is InChI=1S/C15H10O7/c16-6-1-2-8(9(18)3-6)12-14(20)13-10(19)4-7(17)5-11(13)22-15(12)21/h1-5,16-20H. The summed E-state index contributed by atoms with van der Waals surface area (Å²) in [6.07, 6.45) is 0. The summed E-state index contributed by atoms with van der Waals surface area (Å²) >= 11 is 0. The minimum absolute atomic E-state index is 0.0709. The number of hydrogen-bond acceptors (Lipinski definition) is 7. The minimum Gasteiger partial charge on any atom is -0.508 e. The van der Waals surface area contributed by atoms with E-state index in [1.165, 1.54) is 12.1 Å². The first-order valence-electron chi connectivity index (χ1n) is 6.12. The summed E-state index contributed by atoms with van der Waals surface area (Å²) < 4.78 is 4.97. The van der Waals surface area contributed by atoms with Crippen molar-refractivity contribution in [3.63, 3.8) is 0 Å². The van der Waals surface area contributed by atoms with Crippen LogP contribution in [0.4, 0.5) is 0 Å². The highest BCUT2D eigenvalue weighted by atomic mass is 16.4. The average Bonchev–Trinajstić information content (AvgIpc) is 2.39. The zero-order valence-corrected chi connectivity index (χ0v) is 10.9. The molecule has 0 spiro atoms. The van der Waals surface area contributed by atoms with Crippen LogP contribution in [0.3, 0.4) is 0 Å². The molecular weight excluding hydrogens is 292 g/mol. The van der Waals surface area contributed by atoms with Crippen molar-refractivity contribution < 1.29 is 29.9 Å². The van der Waals surface area contributed by atoms with Crippen LogP contribution in [0.5, 0.6) is 28.7 Å². The van der Waals surface area contributed by atoms with E-state index in [1.54, 1.807) is 0 Å². The van der Waals surface area contributed by atoms with Gasteiger partial charge in [0.1, 0.15) is 45.3 Å². The smallest absolute Gasteiger partial charge is 0.348 e. The molecule has 0 aliphatic rings. The molecule has 0 atom stereocenters. The summed E-state index contributed by atoms with van der Waals surface area (Å²) in [5, 5.41) is 48.4. The Morgan fingerprint density at radius 1 is 0.818 bits per heavy atom. The number of fused-ring (bicyclic) bond motifs is 1. The van der Waals surface area contributed by atoms with Crippen LogP contribution in [-0.4, -0.2) is 25.5 Å². The van der Waals surface area contributed by atoms with Crippen LogP contribution < -0.4 is 5.63 Å². The Balaban J connectivity index is 2.43. The number of benzene rings is 2. The van der Waals surface area contributed by atoms with E-state index in [4.69, 9.17) is 4.42 Å². The van der Waals surface area contributed by atoms with Gasteiger partial charge in [0.2, 0.25) is 0 Å². The van der Waals surface area contributed by atoms with E-state index in [1.807, 2.05) is 0 Å². The molecule has 0 aliphatic carbocycles. The molecule has 0 fully saturated rings. The minimum atomic E-state index is -0.976. The Morgan fingerprint density at radius 3 is 2.18 bits per heavy atom. The molecule has 7 heteroatoms. The topological polar surface area (TPSA) is 131 Å². The van der Waals surface area contributed by atoms with Gasteiger partial charge in [-0.1, -0.05) is 0 Å². The molecule has 0 aliphatic heterocycles. The highest BCUT2D eigenvalue weighted by Gasteiger charge is 2.21. The summed E-state index contributed by atoms with van der Waals surface area (Å²) in [5.41, 5.74) is -1.62. The van der Waals surface area contributed by atoms with Crippen molar-refractivity contribution >= 4 is 11.0 Å². The Kier molecular flexibility index (Phi) is 2.84. The molecule has 22 heavy (non-hydrogen) atoms. The number of phenolic OH excluding ortho intramolecular Hbond substituents is 4. The van der Waals surface area contributed by atoms with E-state index in [0.29, 0.717) is 0 Å². The van der Waals surface area contributed by atoms with Gasteiger partial charge >= 0.3 is 5.63 Å². The van der Waals surface area contributed by atoms with Gasteiger partial charge in [0.25, 0.3) is 0 Å². The zero-order valence-electron chi connectivity index (χ0n) is 10.9. The van der Waals surface area contributed by atoms with E-state index in [0.717, 1.165) is 18.2 Å². The monoisotopic (exact) mass is 302 g/mol. The maximum absolute atomic E-state index is 12.1. The third-order valence-corrected chi connectivity index (χ3v) is 3.20. The average molecular weight is 302 g/mol. The van der Waals surface area contributed by atoms with E-state index < -0.39 is 22.9 Å². The summed E-state index contributed by atoms with van der Waals surface area (Å²) in [4.78, 5) is 12.1. The normalized spacial score (nSPS) is 10.9. The maximum atomic E-state index is 12.1. The van der Waals surface area contributed by atoms with Crippen molar-refractivity contribution in [3.8, 4) is 39.9 Å².